The largest absolute Gasteiger partial charge is 0.489 e. The van der Waals surface area contributed by atoms with Crippen molar-refractivity contribution >= 4 is 5.97 Å². The van der Waals surface area contributed by atoms with Crippen LogP contribution in [-0.2, 0) is 14.9 Å². The van der Waals surface area contributed by atoms with Gasteiger partial charge in [0.2, 0.25) is 0 Å². The lowest BCUT2D eigenvalue weighted by Crippen LogP contribution is -2.23. The van der Waals surface area contributed by atoms with Gasteiger partial charge in [0.1, 0.15) is 18.5 Å². The van der Waals surface area contributed by atoms with Gasteiger partial charge in [-0.15, -0.1) is 0 Å². The van der Waals surface area contributed by atoms with Gasteiger partial charge < -0.3 is 9.47 Å². The summed E-state index contributed by atoms with van der Waals surface area (Å²) in [5, 5.41) is 0. The van der Waals surface area contributed by atoms with E-state index in [2.05, 4.69) is 45.9 Å². The first kappa shape index (κ1) is 20.5. The minimum absolute atomic E-state index is 0.0902. The molecule has 1 aromatic rings. The number of aryl methyl sites for hydroxylation is 1. The Morgan fingerprint density at radius 1 is 1.17 bits per heavy atom. The van der Waals surface area contributed by atoms with Gasteiger partial charge in [-0.25, -0.2) is 0 Å². The van der Waals surface area contributed by atoms with Gasteiger partial charge in [-0.05, 0) is 55.2 Å². The molecule has 0 aromatic heterocycles. The second kappa shape index (κ2) is 9.71. The lowest BCUT2D eigenvalue weighted by atomic mass is 9.73. The zero-order valence-corrected chi connectivity index (χ0v) is 16.3. The number of rotatable bonds is 7. The molecule has 0 unspecified atom stereocenters. The molecule has 0 spiro atoms. The molecule has 0 N–H and O–H groups in total. The summed E-state index contributed by atoms with van der Waals surface area (Å²) in [7, 11) is 0. The van der Waals surface area contributed by atoms with Crippen LogP contribution in [0.5, 0.6) is 5.75 Å². The van der Waals surface area contributed by atoms with E-state index in [9.17, 15) is 4.79 Å². The van der Waals surface area contributed by atoms with E-state index < -0.39 is 0 Å². The normalized spacial score (nSPS) is 17.1. The second-order valence-electron chi connectivity index (χ2n) is 6.28. The van der Waals surface area contributed by atoms with Crippen molar-refractivity contribution < 1.29 is 14.3 Å². The first-order valence-electron chi connectivity index (χ1n) is 9.48. The number of esters is 1. The zero-order chi connectivity index (χ0) is 18.2. The smallest absolute Gasteiger partial charge is 0.306 e. The van der Waals surface area contributed by atoms with Gasteiger partial charge >= 0.3 is 5.97 Å². The predicted octanol–water partition coefficient (Wildman–Crippen LogP) is 5.57. The molecule has 136 valence electrons. The predicted molar refractivity (Wildman–Crippen MR) is 99.7 cm³/mol. The molecular formula is C21H34O3. The van der Waals surface area contributed by atoms with Gasteiger partial charge in [-0.1, -0.05) is 46.8 Å². The van der Waals surface area contributed by atoms with Crippen molar-refractivity contribution in [2.24, 2.45) is 0 Å². The average Bonchev–Trinajstić information content (AvgIpc) is 3.03. The van der Waals surface area contributed by atoms with E-state index in [0.717, 1.165) is 37.0 Å². The van der Waals surface area contributed by atoms with Crippen molar-refractivity contribution in [3.63, 3.8) is 0 Å². The van der Waals surface area contributed by atoms with E-state index in [-0.39, 0.29) is 17.5 Å². The van der Waals surface area contributed by atoms with Gasteiger partial charge in [-0.3, -0.25) is 4.79 Å². The second-order valence-corrected chi connectivity index (χ2v) is 6.28. The Labute approximate surface area is 147 Å². The summed E-state index contributed by atoms with van der Waals surface area (Å²) in [6.07, 6.45) is 4.64. The number of ether oxygens (including phenoxy) is 2. The Bertz CT molecular complexity index is 510. The van der Waals surface area contributed by atoms with Crippen molar-refractivity contribution in [1.82, 2.24) is 0 Å². The minimum atomic E-state index is -0.112. The molecule has 0 radical (unpaired) electrons. The monoisotopic (exact) mass is 334 g/mol. The molecule has 0 aliphatic carbocycles. The Morgan fingerprint density at radius 3 is 2.25 bits per heavy atom. The maximum absolute atomic E-state index is 11.1. The highest BCUT2D eigenvalue weighted by Gasteiger charge is 2.27. The molecule has 1 aromatic carbocycles. The number of benzene rings is 1. The Hall–Kier alpha value is -1.51. The molecule has 2 rings (SSSR count). The number of cyclic esters (lactones) is 1. The van der Waals surface area contributed by atoms with Gasteiger partial charge in [0.25, 0.3) is 0 Å². The molecule has 0 amide bonds. The van der Waals surface area contributed by atoms with Crippen molar-refractivity contribution in [3.05, 3.63) is 29.3 Å². The third-order valence-corrected chi connectivity index (χ3v) is 5.21. The lowest BCUT2D eigenvalue weighted by Gasteiger charge is -2.31. The van der Waals surface area contributed by atoms with Crippen LogP contribution in [0.25, 0.3) is 0 Å². The third-order valence-electron chi connectivity index (χ3n) is 5.21. The summed E-state index contributed by atoms with van der Waals surface area (Å²) in [4.78, 5) is 11.1. The molecule has 1 atom stereocenters. The number of hydrogen-bond donors (Lipinski definition) is 0. The molecule has 0 bridgehead atoms. The fraction of sp³-hybridized carbons (Fsp3) is 0.667. The summed E-state index contributed by atoms with van der Waals surface area (Å²) in [5.41, 5.74) is 2.82. The molecule has 24 heavy (non-hydrogen) atoms. The van der Waals surface area contributed by atoms with E-state index in [0.29, 0.717) is 13.0 Å². The summed E-state index contributed by atoms with van der Waals surface area (Å²) in [5.74, 6) is 0.781. The highest BCUT2D eigenvalue weighted by atomic mass is 16.6. The topological polar surface area (TPSA) is 35.5 Å². The van der Waals surface area contributed by atoms with Crippen LogP contribution in [0.1, 0.15) is 77.8 Å². The quantitative estimate of drug-likeness (QED) is 0.611. The molecule has 3 nitrogen and oxygen atoms in total. The van der Waals surface area contributed by atoms with Crippen LogP contribution in [0.3, 0.4) is 0 Å². The summed E-state index contributed by atoms with van der Waals surface area (Å²) in [6.45, 7) is 13.3. The summed E-state index contributed by atoms with van der Waals surface area (Å²) >= 11 is 0. The number of hydrogen-bond acceptors (Lipinski definition) is 3. The maximum Gasteiger partial charge on any atom is 0.306 e. The van der Waals surface area contributed by atoms with Crippen molar-refractivity contribution in [2.45, 2.75) is 85.2 Å². The Kier molecular flexibility index (Phi) is 8.30. The fourth-order valence-corrected chi connectivity index (χ4v) is 3.39. The minimum Gasteiger partial charge on any atom is -0.489 e. The zero-order valence-electron chi connectivity index (χ0n) is 16.3. The number of carbonyl (C=O) groups excluding carboxylic acids is 1. The Balaban J connectivity index is 0.00000139. The van der Waals surface area contributed by atoms with Crippen LogP contribution in [-0.4, -0.2) is 18.7 Å². The fourth-order valence-electron chi connectivity index (χ4n) is 3.39. The molecule has 1 heterocycles. The van der Waals surface area contributed by atoms with E-state index in [4.69, 9.17) is 9.47 Å². The van der Waals surface area contributed by atoms with E-state index in [1.54, 1.807) is 0 Å². The van der Waals surface area contributed by atoms with Crippen LogP contribution in [0.4, 0.5) is 0 Å². The highest BCUT2D eigenvalue weighted by Crippen LogP contribution is 2.37. The van der Waals surface area contributed by atoms with Crippen LogP contribution in [0, 0.1) is 6.92 Å². The SMILES string of the molecule is CC.CCC(CC)(CC)c1ccc(OC[C@@H]2CCC(=O)O2)c(C)c1. The van der Waals surface area contributed by atoms with E-state index in [1.807, 2.05) is 13.8 Å². The molecule has 1 aliphatic rings. The maximum atomic E-state index is 11.1. The highest BCUT2D eigenvalue weighted by molar-refractivity contribution is 5.71. The molecule has 1 aliphatic heterocycles. The molecule has 1 fully saturated rings. The molecular weight excluding hydrogens is 300 g/mol. The third kappa shape index (κ3) is 4.75. The number of carbonyl (C=O) groups is 1. The first-order valence-corrected chi connectivity index (χ1v) is 9.48. The van der Waals surface area contributed by atoms with Crippen molar-refractivity contribution in [3.8, 4) is 5.75 Å². The Morgan fingerprint density at radius 2 is 1.79 bits per heavy atom. The van der Waals surface area contributed by atoms with Crippen LogP contribution < -0.4 is 4.74 Å². The first-order chi connectivity index (χ1) is 11.5. The van der Waals surface area contributed by atoms with Crippen molar-refractivity contribution in [2.75, 3.05) is 6.61 Å². The van der Waals surface area contributed by atoms with Crippen LogP contribution in [0.2, 0.25) is 0 Å². The van der Waals surface area contributed by atoms with E-state index in [1.165, 1.54) is 5.56 Å². The van der Waals surface area contributed by atoms with Crippen molar-refractivity contribution in [1.29, 1.82) is 0 Å². The van der Waals surface area contributed by atoms with Crippen LogP contribution >= 0.6 is 0 Å². The van der Waals surface area contributed by atoms with E-state index >= 15 is 0 Å². The van der Waals surface area contributed by atoms with Crippen LogP contribution in [0.15, 0.2) is 18.2 Å². The standard InChI is InChI=1S/C19H28O3.C2H6/c1-5-19(6-2,7-3)15-8-10-17(14(4)12-15)21-13-16-9-11-18(20)22-16;1-2/h8,10,12,16H,5-7,9,11,13H2,1-4H3;1-2H3/t16-;/m0./s1. The average molecular weight is 335 g/mol. The molecule has 3 heteroatoms. The van der Waals surface area contributed by atoms with Gasteiger partial charge in [0, 0.05) is 6.42 Å². The van der Waals surface area contributed by atoms with Gasteiger partial charge in [0.05, 0.1) is 0 Å². The molecule has 1 saturated heterocycles. The summed E-state index contributed by atoms with van der Waals surface area (Å²) < 4.78 is 11.0. The molecule has 0 saturated carbocycles. The summed E-state index contributed by atoms with van der Waals surface area (Å²) in [6, 6.07) is 6.52. The van der Waals surface area contributed by atoms with Gasteiger partial charge in [0.15, 0.2) is 0 Å². The van der Waals surface area contributed by atoms with Gasteiger partial charge in [-0.2, -0.15) is 0 Å². The lowest BCUT2D eigenvalue weighted by molar-refractivity contribution is -0.142.